The molecule has 0 spiro atoms. The van der Waals surface area contributed by atoms with Crippen LogP contribution in [0.1, 0.15) is 6.92 Å². The molecule has 1 aliphatic heterocycles. The Morgan fingerprint density at radius 2 is 2.44 bits per heavy atom. The van der Waals surface area contributed by atoms with Gasteiger partial charge in [0, 0.05) is 0 Å². The molecule has 9 heavy (non-hydrogen) atoms. The van der Waals surface area contributed by atoms with E-state index in [0.717, 1.165) is 0 Å². The van der Waals surface area contributed by atoms with Crippen LogP contribution in [0, 0.1) is 0 Å². The minimum Gasteiger partial charge on any atom is -0.386 e. The molecule has 0 radical (unpaired) electrons. The Labute approximate surface area is 56.2 Å². The summed E-state index contributed by atoms with van der Waals surface area (Å²) in [6.07, 6.45) is 0. The van der Waals surface area contributed by atoms with E-state index in [9.17, 15) is 5.11 Å². The summed E-state index contributed by atoms with van der Waals surface area (Å²) < 4.78 is 1.55. The van der Waals surface area contributed by atoms with E-state index in [4.69, 9.17) is 0 Å². The average Bonchev–Trinajstić information content (AvgIpc) is 1.60. The number of rotatable bonds is 0. The van der Waals surface area contributed by atoms with Gasteiger partial charge in [0.25, 0.3) is 0 Å². The summed E-state index contributed by atoms with van der Waals surface area (Å²) in [7, 11) is 2.36. The van der Waals surface area contributed by atoms with E-state index in [1.165, 1.54) is 0 Å². The van der Waals surface area contributed by atoms with E-state index < -0.39 is 5.60 Å². The van der Waals surface area contributed by atoms with Gasteiger partial charge in [-0.15, -0.1) is 0 Å². The maximum Gasteiger partial charge on any atom is 0.103 e. The molecule has 0 saturated heterocycles. The van der Waals surface area contributed by atoms with E-state index in [2.05, 4.69) is 19.7 Å². The fraction of sp³-hybridized carbons (Fsp3) is 1.00. The van der Waals surface area contributed by atoms with Crippen LogP contribution in [-0.4, -0.2) is 28.6 Å². The Kier molecular flexibility index (Phi) is 1.68. The zero-order chi connectivity index (χ0) is 6.91. The molecule has 4 nitrogen and oxygen atoms in total. The molecule has 0 aromatic rings. The first-order chi connectivity index (χ1) is 4.10. The van der Waals surface area contributed by atoms with Gasteiger partial charge in [0.05, 0.1) is 13.1 Å². The van der Waals surface area contributed by atoms with Crippen LogP contribution in [0.4, 0.5) is 0 Å². The minimum absolute atomic E-state index is 0.401. The van der Waals surface area contributed by atoms with Crippen LogP contribution in [0.2, 0.25) is 0 Å². The normalized spacial score (nSPS) is 35.2. The van der Waals surface area contributed by atoms with Gasteiger partial charge in [0.15, 0.2) is 0 Å². The quantitative estimate of drug-likeness (QED) is 0.498. The summed E-state index contributed by atoms with van der Waals surface area (Å²) in [5.41, 5.74) is -0.705. The molecular weight excluding hydrogens is 137 g/mol. The van der Waals surface area contributed by atoms with Crippen molar-refractivity contribution in [1.82, 2.24) is 4.78 Å². The highest BCUT2D eigenvalue weighted by molar-refractivity contribution is 7.13. The minimum atomic E-state index is -0.705. The molecule has 0 aromatic heterocycles. The number of hydrogen-bond donors (Lipinski definition) is 1. The zero-order valence-corrected chi connectivity index (χ0v) is 6.44. The number of aliphatic hydroxyl groups is 1. The Morgan fingerprint density at radius 3 is 2.78 bits per heavy atom. The molecular formula is C4H10N3OP. The Balaban J connectivity index is 2.58. The average molecular weight is 147 g/mol. The van der Waals surface area contributed by atoms with Gasteiger partial charge in [-0.1, -0.05) is 5.22 Å². The van der Waals surface area contributed by atoms with Crippen LogP contribution in [0.5, 0.6) is 0 Å². The SMILES string of the molecule is CC1(O)CN=NN(P)C1. The van der Waals surface area contributed by atoms with Gasteiger partial charge in [-0.3, -0.25) is 4.78 Å². The number of β-amino-alcohol motifs (C(OH)–C–C–N with tert-alkyl or cyclic N) is 1. The first-order valence-corrected chi connectivity index (χ1v) is 3.24. The van der Waals surface area contributed by atoms with Crippen molar-refractivity contribution in [3.8, 4) is 0 Å². The number of nitrogens with zero attached hydrogens (tertiary/aromatic N) is 3. The van der Waals surface area contributed by atoms with Crippen LogP contribution in [0.15, 0.2) is 10.3 Å². The molecule has 2 unspecified atom stereocenters. The molecule has 2 atom stereocenters. The van der Waals surface area contributed by atoms with E-state index in [0.29, 0.717) is 13.1 Å². The standard InChI is InChI=1S/C4H10N3OP/c1-4(8)2-5-6-7(9)3-4/h8H,2-3,9H2,1H3. The van der Waals surface area contributed by atoms with Crippen LogP contribution in [0.3, 0.4) is 0 Å². The molecule has 1 aliphatic rings. The first kappa shape index (κ1) is 6.90. The smallest absolute Gasteiger partial charge is 0.103 e. The maximum absolute atomic E-state index is 9.34. The molecule has 0 aliphatic carbocycles. The molecule has 0 bridgehead atoms. The van der Waals surface area contributed by atoms with Crippen molar-refractivity contribution < 1.29 is 5.11 Å². The lowest BCUT2D eigenvalue weighted by Gasteiger charge is -2.27. The maximum atomic E-state index is 9.34. The summed E-state index contributed by atoms with van der Waals surface area (Å²) in [6, 6.07) is 0. The lowest BCUT2D eigenvalue weighted by atomic mass is 10.1. The van der Waals surface area contributed by atoms with Gasteiger partial charge < -0.3 is 5.11 Å². The molecule has 0 fully saturated rings. The van der Waals surface area contributed by atoms with Crippen molar-refractivity contribution in [2.24, 2.45) is 10.3 Å². The lowest BCUT2D eigenvalue weighted by Crippen LogP contribution is -2.40. The summed E-state index contributed by atoms with van der Waals surface area (Å²) in [5, 5.41) is 16.7. The van der Waals surface area contributed by atoms with Crippen LogP contribution >= 0.6 is 9.39 Å². The second-order valence-electron chi connectivity index (χ2n) is 2.48. The topological polar surface area (TPSA) is 48.2 Å². The molecule has 52 valence electrons. The van der Waals surface area contributed by atoms with E-state index in [1.807, 2.05) is 0 Å². The third-order valence-corrected chi connectivity index (χ3v) is 1.38. The van der Waals surface area contributed by atoms with Crippen molar-refractivity contribution in [1.29, 1.82) is 0 Å². The van der Waals surface area contributed by atoms with Crippen LogP contribution < -0.4 is 0 Å². The molecule has 1 heterocycles. The summed E-state index contributed by atoms with van der Waals surface area (Å²) in [6.45, 7) is 2.67. The van der Waals surface area contributed by atoms with Crippen LogP contribution in [0.25, 0.3) is 0 Å². The predicted octanol–water partition coefficient (Wildman–Crippen LogP) is 0.210. The van der Waals surface area contributed by atoms with Crippen molar-refractivity contribution in [2.75, 3.05) is 13.1 Å². The second-order valence-corrected chi connectivity index (χ2v) is 3.08. The number of hydrogen-bond acceptors (Lipinski definition) is 4. The van der Waals surface area contributed by atoms with E-state index in [-0.39, 0.29) is 0 Å². The molecule has 0 amide bonds. The van der Waals surface area contributed by atoms with Crippen molar-refractivity contribution in [3.63, 3.8) is 0 Å². The van der Waals surface area contributed by atoms with Gasteiger partial charge >= 0.3 is 0 Å². The summed E-state index contributed by atoms with van der Waals surface area (Å²) in [5.74, 6) is 0. The molecule has 0 saturated carbocycles. The third-order valence-electron chi connectivity index (χ3n) is 1.09. The third kappa shape index (κ3) is 1.88. The molecule has 1 rings (SSSR count). The lowest BCUT2D eigenvalue weighted by molar-refractivity contribution is 0.0338. The largest absolute Gasteiger partial charge is 0.386 e. The predicted molar refractivity (Wildman–Crippen MR) is 36.8 cm³/mol. The zero-order valence-electron chi connectivity index (χ0n) is 5.28. The van der Waals surface area contributed by atoms with Crippen molar-refractivity contribution in [3.05, 3.63) is 0 Å². The van der Waals surface area contributed by atoms with Crippen LogP contribution in [-0.2, 0) is 0 Å². The summed E-state index contributed by atoms with van der Waals surface area (Å²) >= 11 is 0. The monoisotopic (exact) mass is 147 g/mol. The highest BCUT2D eigenvalue weighted by Crippen LogP contribution is 2.15. The molecule has 5 heteroatoms. The van der Waals surface area contributed by atoms with Gasteiger partial charge in [0.2, 0.25) is 0 Å². The molecule has 1 N–H and O–H groups in total. The highest BCUT2D eigenvalue weighted by Gasteiger charge is 2.24. The summed E-state index contributed by atoms with van der Waals surface area (Å²) in [4.78, 5) is 0. The van der Waals surface area contributed by atoms with Crippen molar-refractivity contribution >= 4 is 9.39 Å². The van der Waals surface area contributed by atoms with E-state index in [1.54, 1.807) is 11.7 Å². The van der Waals surface area contributed by atoms with Gasteiger partial charge in [-0.05, 0) is 16.3 Å². The second kappa shape index (κ2) is 2.20. The van der Waals surface area contributed by atoms with Gasteiger partial charge in [-0.25, -0.2) is 0 Å². The van der Waals surface area contributed by atoms with Gasteiger partial charge in [-0.2, -0.15) is 5.11 Å². The molecule has 0 aromatic carbocycles. The Morgan fingerprint density at radius 1 is 1.78 bits per heavy atom. The Bertz CT molecular complexity index is 136. The first-order valence-electron chi connectivity index (χ1n) is 2.72. The van der Waals surface area contributed by atoms with Crippen molar-refractivity contribution in [2.45, 2.75) is 12.5 Å². The van der Waals surface area contributed by atoms with Gasteiger partial charge in [0.1, 0.15) is 5.60 Å². The fourth-order valence-electron chi connectivity index (χ4n) is 0.696. The Hall–Kier alpha value is -0.210. The van der Waals surface area contributed by atoms with E-state index >= 15 is 0 Å². The highest BCUT2D eigenvalue weighted by atomic mass is 31.0. The fourth-order valence-corrected chi connectivity index (χ4v) is 1.16.